The minimum Gasteiger partial charge on any atom is -0.483 e. The molecule has 3 N–H and O–H groups in total. The van der Waals surface area contributed by atoms with Crippen molar-refractivity contribution in [3.8, 4) is 5.75 Å². The number of nitrogens with one attached hydrogen (secondary N) is 3. The molecule has 154 valence electrons. The van der Waals surface area contributed by atoms with E-state index in [4.69, 9.17) is 4.74 Å². The maximum atomic E-state index is 12.1. The molecule has 0 radical (unpaired) electrons. The average Bonchev–Trinajstić information content (AvgIpc) is 2.64. The molecule has 0 saturated heterocycles. The van der Waals surface area contributed by atoms with E-state index in [1.54, 1.807) is 30.3 Å². The van der Waals surface area contributed by atoms with Gasteiger partial charge < -0.3 is 10.1 Å². The van der Waals surface area contributed by atoms with Gasteiger partial charge in [-0.3, -0.25) is 25.2 Å². The second-order valence-electron chi connectivity index (χ2n) is 7.44. The molecule has 0 heterocycles. The Morgan fingerprint density at radius 1 is 1.00 bits per heavy atom. The van der Waals surface area contributed by atoms with Crippen molar-refractivity contribution in [3.05, 3.63) is 58.1 Å². The third kappa shape index (κ3) is 6.90. The minimum absolute atomic E-state index is 0.160. The third-order valence-corrected chi connectivity index (χ3v) is 4.38. The first-order valence-corrected chi connectivity index (χ1v) is 9.75. The number of benzene rings is 2. The number of anilines is 1. The van der Waals surface area contributed by atoms with Crippen LogP contribution in [0.5, 0.6) is 5.75 Å². The summed E-state index contributed by atoms with van der Waals surface area (Å²) in [6, 6.07) is 11.9. The molecule has 0 aromatic heterocycles. The molecule has 0 fully saturated rings. The van der Waals surface area contributed by atoms with Crippen LogP contribution in [-0.2, 0) is 15.0 Å². The highest BCUT2D eigenvalue weighted by Gasteiger charge is 2.20. The predicted molar refractivity (Wildman–Crippen MR) is 115 cm³/mol. The zero-order valence-electron chi connectivity index (χ0n) is 16.8. The number of hydrogen-bond donors (Lipinski definition) is 3. The summed E-state index contributed by atoms with van der Waals surface area (Å²) in [6.45, 7) is 7.32. The van der Waals surface area contributed by atoms with E-state index in [9.17, 15) is 14.4 Å². The molecule has 29 heavy (non-hydrogen) atoms. The van der Waals surface area contributed by atoms with Crippen LogP contribution in [0.2, 0.25) is 0 Å². The zero-order chi connectivity index (χ0) is 21.6. The van der Waals surface area contributed by atoms with Crippen LogP contribution in [0.25, 0.3) is 0 Å². The summed E-state index contributed by atoms with van der Waals surface area (Å²) < 4.78 is 6.57. The van der Waals surface area contributed by atoms with Crippen LogP contribution in [0.3, 0.4) is 0 Å². The van der Waals surface area contributed by atoms with Crippen molar-refractivity contribution >= 4 is 39.3 Å². The molecule has 0 spiro atoms. The summed E-state index contributed by atoms with van der Waals surface area (Å²) in [6.07, 6.45) is 0. The Hall–Kier alpha value is -2.87. The summed E-state index contributed by atoms with van der Waals surface area (Å²) in [5, 5.41) is 2.61. The van der Waals surface area contributed by atoms with Crippen LogP contribution in [0.4, 0.5) is 5.69 Å². The largest absolute Gasteiger partial charge is 0.483 e. The molecule has 0 aliphatic heterocycles. The Kier molecular flexibility index (Phi) is 7.39. The van der Waals surface area contributed by atoms with E-state index in [1.165, 1.54) is 6.92 Å². The van der Waals surface area contributed by atoms with Crippen LogP contribution >= 0.6 is 15.9 Å². The lowest BCUT2D eigenvalue weighted by atomic mass is 9.86. The lowest BCUT2D eigenvalue weighted by molar-refractivity contribution is -0.123. The van der Waals surface area contributed by atoms with E-state index < -0.39 is 11.8 Å². The quantitative estimate of drug-likeness (QED) is 0.593. The van der Waals surface area contributed by atoms with Crippen molar-refractivity contribution in [2.45, 2.75) is 33.1 Å². The second-order valence-corrected chi connectivity index (χ2v) is 8.36. The van der Waals surface area contributed by atoms with Crippen LogP contribution in [0, 0.1) is 0 Å². The molecular weight excluding hydrogens is 438 g/mol. The molecule has 0 unspecified atom stereocenters. The predicted octanol–water partition coefficient (Wildman–Crippen LogP) is 3.55. The van der Waals surface area contributed by atoms with E-state index in [1.807, 2.05) is 12.1 Å². The van der Waals surface area contributed by atoms with E-state index in [0.29, 0.717) is 17.0 Å². The number of hydrazine groups is 1. The maximum absolute atomic E-state index is 12.1. The van der Waals surface area contributed by atoms with Gasteiger partial charge in [-0.15, -0.1) is 0 Å². The molecule has 0 saturated carbocycles. The molecule has 8 heteroatoms. The number of carbonyl (C=O) groups is 3. The second kappa shape index (κ2) is 9.56. The Bertz CT molecular complexity index is 905. The molecule has 3 amide bonds. The Balaban J connectivity index is 1.89. The highest BCUT2D eigenvalue weighted by molar-refractivity contribution is 9.10. The fraction of sp³-hybridized carbons (Fsp3) is 0.286. The van der Waals surface area contributed by atoms with Crippen molar-refractivity contribution in [1.82, 2.24) is 10.9 Å². The lowest BCUT2D eigenvalue weighted by Gasteiger charge is -2.23. The molecule has 7 nitrogen and oxygen atoms in total. The molecule has 0 atom stereocenters. The van der Waals surface area contributed by atoms with Gasteiger partial charge in [-0.05, 0) is 47.9 Å². The van der Waals surface area contributed by atoms with Gasteiger partial charge in [0.15, 0.2) is 6.61 Å². The summed E-state index contributed by atoms with van der Waals surface area (Å²) >= 11 is 3.44. The van der Waals surface area contributed by atoms with Gasteiger partial charge in [0.2, 0.25) is 5.91 Å². The van der Waals surface area contributed by atoms with Crippen molar-refractivity contribution < 1.29 is 19.1 Å². The van der Waals surface area contributed by atoms with Crippen molar-refractivity contribution in [1.29, 1.82) is 0 Å². The monoisotopic (exact) mass is 461 g/mol. The summed E-state index contributed by atoms with van der Waals surface area (Å²) in [5.41, 5.74) is 6.38. The fourth-order valence-corrected chi connectivity index (χ4v) is 2.86. The highest BCUT2D eigenvalue weighted by Crippen LogP contribution is 2.33. The number of halogens is 1. The fourth-order valence-electron chi connectivity index (χ4n) is 2.50. The van der Waals surface area contributed by atoms with Gasteiger partial charge in [-0.25, -0.2) is 0 Å². The van der Waals surface area contributed by atoms with Crippen molar-refractivity contribution in [2.24, 2.45) is 0 Å². The van der Waals surface area contributed by atoms with Crippen LogP contribution in [-0.4, -0.2) is 24.3 Å². The number of amides is 3. The molecule has 2 aromatic carbocycles. The van der Waals surface area contributed by atoms with Crippen LogP contribution < -0.4 is 20.9 Å². The Morgan fingerprint density at radius 3 is 2.24 bits per heavy atom. The molecule has 0 bridgehead atoms. The smallest absolute Gasteiger partial charge is 0.276 e. The van der Waals surface area contributed by atoms with Gasteiger partial charge in [0.05, 0.1) is 0 Å². The SMILES string of the molecule is CC(=O)Nc1ccc(C(=O)NNC(=O)COc2ccc(Br)cc2C(C)(C)C)cc1. The number of hydrogen-bond acceptors (Lipinski definition) is 4. The van der Waals surface area contributed by atoms with Gasteiger partial charge in [-0.1, -0.05) is 36.7 Å². The van der Waals surface area contributed by atoms with Crippen LogP contribution in [0.15, 0.2) is 46.9 Å². The number of rotatable bonds is 5. The number of ether oxygens (including phenoxy) is 1. The third-order valence-electron chi connectivity index (χ3n) is 3.89. The molecular formula is C21H24BrN3O4. The molecule has 2 aromatic rings. The van der Waals surface area contributed by atoms with E-state index in [2.05, 4.69) is 52.9 Å². The maximum Gasteiger partial charge on any atom is 0.276 e. The van der Waals surface area contributed by atoms with Crippen molar-refractivity contribution in [2.75, 3.05) is 11.9 Å². The van der Waals surface area contributed by atoms with Gasteiger partial charge in [0, 0.05) is 28.2 Å². The summed E-state index contributed by atoms with van der Waals surface area (Å²) in [7, 11) is 0. The Labute approximate surface area is 178 Å². The van der Waals surface area contributed by atoms with E-state index in [-0.39, 0.29) is 17.9 Å². The first-order valence-electron chi connectivity index (χ1n) is 8.96. The van der Waals surface area contributed by atoms with Gasteiger partial charge in [0.1, 0.15) is 5.75 Å². The average molecular weight is 462 g/mol. The molecule has 0 aliphatic rings. The number of carbonyl (C=O) groups excluding carboxylic acids is 3. The van der Waals surface area contributed by atoms with Gasteiger partial charge in [-0.2, -0.15) is 0 Å². The van der Waals surface area contributed by atoms with Gasteiger partial charge >= 0.3 is 0 Å². The van der Waals surface area contributed by atoms with Crippen molar-refractivity contribution in [3.63, 3.8) is 0 Å². The Morgan fingerprint density at radius 2 is 1.66 bits per heavy atom. The van der Waals surface area contributed by atoms with Crippen LogP contribution in [0.1, 0.15) is 43.6 Å². The van der Waals surface area contributed by atoms with Gasteiger partial charge in [0.25, 0.3) is 11.8 Å². The zero-order valence-corrected chi connectivity index (χ0v) is 18.3. The minimum atomic E-state index is -0.490. The standard InChI is InChI=1S/C21H24BrN3O4/c1-13(26)23-16-8-5-14(6-9-16)20(28)25-24-19(27)12-29-18-10-7-15(22)11-17(18)21(2,3)4/h5-11H,12H2,1-4H3,(H,23,26)(H,24,27)(H,25,28). The topological polar surface area (TPSA) is 96.5 Å². The highest BCUT2D eigenvalue weighted by atomic mass is 79.9. The molecule has 2 rings (SSSR count). The lowest BCUT2D eigenvalue weighted by Crippen LogP contribution is -2.43. The summed E-state index contributed by atoms with van der Waals surface area (Å²) in [4.78, 5) is 35.2. The first kappa shape index (κ1) is 22.4. The normalized spacial score (nSPS) is 10.8. The molecule has 0 aliphatic carbocycles. The van der Waals surface area contributed by atoms with E-state index in [0.717, 1.165) is 10.0 Å². The van der Waals surface area contributed by atoms with E-state index >= 15 is 0 Å². The first-order chi connectivity index (χ1) is 13.6. The summed E-state index contributed by atoms with van der Waals surface area (Å²) in [5.74, 6) is -0.562.